The summed E-state index contributed by atoms with van der Waals surface area (Å²) in [6.07, 6.45) is 5.30. The van der Waals surface area contributed by atoms with Gasteiger partial charge in [-0.25, -0.2) is 0 Å². The van der Waals surface area contributed by atoms with Crippen molar-refractivity contribution in [2.45, 2.75) is 59.3 Å². The predicted molar refractivity (Wildman–Crippen MR) is 87.2 cm³/mol. The molecule has 0 saturated carbocycles. The number of unbranched alkanes of at least 4 members (excludes halogenated alkanes) is 3. The molecule has 0 aromatic heterocycles. The smallest absolute Gasteiger partial charge is 0.242 e. The van der Waals surface area contributed by atoms with Gasteiger partial charge in [0.15, 0.2) is 5.92 Å². The fraction of sp³-hybridized carbons (Fsp3) is 0.812. The Morgan fingerprint density at radius 3 is 1.14 bits per heavy atom. The zero-order valence-electron chi connectivity index (χ0n) is 14.2. The summed E-state index contributed by atoms with van der Waals surface area (Å²) in [7, 11) is 0. The molecule has 0 spiro atoms. The Morgan fingerprint density at radius 1 is 0.636 bits per heavy atom. The molecule has 0 fully saturated rings. The molecular weight excluding hydrogens is 282 g/mol. The van der Waals surface area contributed by atoms with Crippen LogP contribution in [0.5, 0.6) is 0 Å². The monoisotopic (exact) mass is 313 g/mol. The average molecular weight is 313 g/mol. The fourth-order valence-electron chi connectivity index (χ4n) is 1.83. The minimum Gasteiger partial charge on any atom is -0.355 e. The van der Waals surface area contributed by atoms with E-state index in [1.807, 2.05) is 20.8 Å². The maximum Gasteiger partial charge on any atom is 0.242 e. The number of amides is 3. The molecule has 0 aliphatic rings. The van der Waals surface area contributed by atoms with Gasteiger partial charge in [-0.1, -0.05) is 40.0 Å². The van der Waals surface area contributed by atoms with Crippen molar-refractivity contribution in [1.29, 1.82) is 0 Å². The Hall–Kier alpha value is -1.59. The second-order valence-corrected chi connectivity index (χ2v) is 5.37. The molecule has 0 radical (unpaired) electrons. The molecule has 0 heterocycles. The molecule has 3 N–H and O–H groups in total. The predicted octanol–water partition coefficient (Wildman–Crippen LogP) is 1.35. The van der Waals surface area contributed by atoms with Gasteiger partial charge in [0.1, 0.15) is 0 Å². The van der Waals surface area contributed by atoms with E-state index in [9.17, 15) is 14.4 Å². The highest BCUT2D eigenvalue weighted by Crippen LogP contribution is 2.00. The van der Waals surface area contributed by atoms with Gasteiger partial charge in [0.05, 0.1) is 0 Å². The third-order valence-electron chi connectivity index (χ3n) is 3.28. The molecule has 0 aromatic carbocycles. The van der Waals surface area contributed by atoms with Crippen LogP contribution >= 0.6 is 0 Å². The zero-order valence-corrected chi connectivity index (χ0v) is 14.2. The molecule has 0 aliphatic carbocycles. The van der Waals surface area contributed by atoms with Crippen molar-refractivity contribution in [2.24, 2.45) is 5.92 Å². The van der Waals surface area contributed by atoms with Gasteiger partial charge in [-0.3, -0.25) is 14.4 Å². The van der Waals surface area contributed by atoms with Crippen LogP contribution in [-0.2, 0) is 14.4 Å². The van der Waals surface area contributed by atoms with Crippen molar-refractivity contribution in [1.82, 2.24) is 16.0 Å². The Kier molecular flexibility index (Phi) is 12.2. The molecule has 0 aromatic rings. The Balaban J connectivity index is 4.62. The maximum absolute atomic E-state index is 12.1. The standard InChI is InChI=1S/C16H31N3O3/c1-4-7-10-17-14(20)13(15(21)18-11-8-5-2)16(22)19-12-9-6-3/h13H,4-12H2,1-3H3,(H,17,20)(H,18,21)(H,19,22). The van der Waals surface area contributed by atoms with Crippen molar-refractivity contribution in [3.8, 4) is 0 Å². The number of carbonyl (C=O) groups is 3. The third-order valence-corrected chi connectivity index (χ3v) is 3.28. The maximum atomic E-state index is 12.1. The van der Waals surface area contributed by atoms with Gasteiger partial charge in [-0.05, 0) is 19.3 Å². The van der Waals surface area contributed by atoms with Gasteiger partial charge in [-0.15, -0.1) is 0 Å². The van der Waals surface area contributed by atoms with Crippen LogP contribution in [0.3, 0.4) is 0 Å². The minimum atomic E-state index is -1.30. The first-order chi connectivity index (χ1) is 10.6. The molecular formula is C16H31N3O3. The Labute approximate surface area is 133 Å². The number of hydrogen-bond donors (Lipinski definition) is 3. The van der Waals surface area contributed by atoms with Gasteiger partial charge in [-0.2, -0.15) is 0 Å². The van der Waals surface area contributed by atoms with Crippen LogP contribution in [0, 0.1) is 5.92 Å². The lowest BCUT2D eigenvalue weighted by Gasteiger charge is -2.16. The van der Waals surface area contributed by atoms with Crippen LogP contribution in [0.2, 0.25) is 0 Å². The fourth-order valence-corrected chi connectivity index (χ4v) is 1.83. The van der Waals surface area contributed by atoms with Gasteiger partial charge in [0.25, 0.3) is 0 Å². The first-order valence-electron chi connectivity index (χ1n) is 8.41. The summed E-state index contributed by atoms with van der Waals surface area (Å²) >= 11 is 0. The van der Waals surface area contributed by atoms with Gasteiger partial charge < -0.3 is 16.0 Å². The first-order valence-corrected chi connectivity index (χ1v) is 8.41. The largest absolute Gasteiger partial charge is 0.355 e. The van der Waals surface area contributed by atoms with Crippen molar-refractivity contribution in [3.05, 3.63) is 0 Å². The molecule has 0 rings (SSSR count). The number of rotatable bonds is 12. The molecule has 128 valence electrons. The van der Waals surface area contributed by atoms with Crippen LogP contribution in [0.4, 0.5) is 0 Å². The molecule has 0 aliphatic heterocycles. The molecule has 6 heteroatoms. The topological polar surface area (TPSA) is 87.3 Å². The van der Waals surface area contributed by atoms with Crippen molar-refractivity contribution in [3.63, 3.8) is 0 Å². The van der Waals surface area contributed by atoms with E-state index in [0.29, 0.717) is 19.6 Å². The van der Waals surface area contributed by atoms with E-state index in [-0.39, 0.29) is 0 Å². The highest BCUT2D eigenvalue weighted by Gasteiger charge is 2.33. The molecule has 0 bridgehead atoms. The van der Waals surface area contributed by atoms with Crippen LogP contribution < -0.4 is 16.0 Å². The van der Waals surface area contributed by atoms with Crippen LogP contribution in [0.15, 0.2) is 0 Å². The highest BCUT2D eigenvalue weighted by atomic mass is 16.2. The summed E-state index contributed by atoms with van der Waals surface area (Å²) in [5, 5.41) is 8.00. The summed E-state index contributed by atoms with van der Waals surface area (Å²) in [5.74, 6) is -2.85. The van der Waals surface area contributed by atoms with E-state index in [1.165, 1.54) is 0 Å². The SMILES string of the molecule is CCCCNC(=O)C(C(=O)NCCCC)C(=O)NCCCC. The molecule has 22 heavy (non-hydrogen) atoms. The summed E-state index contributed by atoms with van der Waals surface area (Å²) in [4.78, 5) is 36.4. The highest BCUT2D eigenvalue weighted by molar-refractivity contribution is 6.17. The second kappa shape index (κ2) is 13.1. The normalized spacial score (nSPS) is 10.4. The number of hydrogen-bond acceptors (Lipinski definition) is 3. The first kappa shape index (κ1) is 20.4. The molecule has 0 atom stereocenters. The average Bonchev–Trinajstić information content (AvgIpc) is 2.48. The molecule has 0 saturated heterocycles. The van der Waals surface area contributed by atoms with Gasteiger partial charge >= 0.3 is 0 Å². The van der Waals surface area contributed by atoms with E-state index < -0.39 is 23.6 Å². The number of carbonyl (C=O) groups excluding carboxylic acids is 3. The minimum absolute atomic E-state index is 0.482. The van der Waals surface area contributed by atoms with Crippen LogP contribution in [0.25, 0.3) is 0 Å². The quantitative estimate of drug-likeness (QED) is 0.375. The summed E-state index contributed by atoms with van der Waals surface area (Å²) < 4.78 is 0. The summed E-state index contributed by atoms with van der Waals surface area (Å²) in [5.41, 5.74) is 0. The van der Waals surface area contributed by atoms with E-state index in [4.69, 9.17) is 0 Å². The third kappa shape index (κ3) is 8.64. The van der Waals surface area contributed by atoms with E-state index in [2.05, 4.69) is 16.0 Å². The van der Waals surface area contributed by atoms with E-state index >= 15 is 0 Å². The molecule has 6 nitrogen and oxygen atoms in total. The molecule has 0 unspecified atom stereocenters. The Morgan fingerprint density at radius 2 is 0.909 bits per heavy atom. The van der Waals surface area contributed by atoms with Crippen molar-refractivity contribution < 1.29 is 14.4 Å². The van der Waals surface area contributed by atoms with Gasteiger partial charge in [0.2, 0.25) is 17.7 Å². The van der Waals surface area contributed by atoms with Crippen LogP contribution in [-0.4, -0.2) is 37.4 Å². The lowest BCUT2D eigenvalue weighted by Crippen LogP contribution is -2.50. The van der Waals surface area contributed by atoms with E-state index in [0.717, 1.165) is 38.5 Å². The Bertz CT molecular complexity index is 293. The van der Waals surface area contributed by atoms with Crippen LogP contribution in [0.1, 0.15) is 59.3 Å². The zero-order chi connectivity index (χ0) is 16.8. The lowest BCUT2D eigenvalue weighted by atomic mass is 10.1. The summed E-state index contributed by atoms with van der Waals surface area (Å²) in [6, 6.07) is 0. The van der Waals surface area contributed by atoms with Gasteiger partial charge in [0, 0.05) is 19.6 Å². The lowest BCUT2D eigenvalue weighted by molar-refractivity contribution is -0.142. The van der Waals surface area contributed by atoms with Crippen molar-refractivity contribution in [2.75, 3.05) is 19.6 Å². The number of nitrogens with one attached hydrogen (secondary N) is 3. The van der Waals surface area contributed by atoms with E-state index in [1.54, 1.807) is 0 Å². The second-order valence-electron chi connectivity index (χ2n) is 5.37. The van der Waals surface area contributed by atoms with Crippen molar-refractivity contribution >= 4 is 17.7 Å². The summed E-state index contributed by atoms with van der Waals surface area (Å²) in [6.45, 7) is 7.48. The molecule has 3 amide bonds.